The van der Waals surface area contributed by atoms with E-state index < -0.39 is 0 Å². The van der Waals surface area contributed by atoms with Gasteiger partial charge < -0.3 is 20.7 Å². The van der Waals surface area contributed by atoms with Crippen molar-refractivity contribution in [3.8, 4) is 5.75 Å². The van der Waals surface area contributed by atoms with E-state index >= 15 is 0 Å². The number of carbonyl (C=O) groups excluding carboxylic acids is 1. The molecule has 0 radical (unpaired) electrons. The van der Waals surface area contributed by atoms with Crippen molar-refractivity contribution in [2.75, 3.05) is 20.6 Å². The summed E-state index contributed by atoms with van der Waals surface area (Å²) >= 11 is 0. The third-order valence-electron chi connectivity index (χ3n) is 4.43. The monoisotopic (exact) mass is 410 g/mol. The van der Waals surface area contributed by atoms with Crippen LogP contribution in [0.1, 0.15) is 47.8 Å². The Labute approximate surface area is 180 Å². The van der Waals surface area contributed by atoms with E-state index in [9.17, 15) is 4.79 Å². The SMILES string of the molecule is CN=C(NCCc1cccc(C(=O)NC)c1)NCc1ccc(C)cc1OC(C)(C)C. The number of hydrogen-bond donors (Lipinski definition) is 3. The van der Waals surface area contributed by atoms with Crippen molar-refractivity contribution in [2.45, 2.75) is 46.3 Å². The van der Waals surface area contributed by atoms with Crippen LogP contribution in [0.15, 0.2) is 47.5 Å². The van der Waals surface area contributed by atoms with E-state index in [2.05, 4.69) is 46.1 Å². The van der Waals surface area contributed by atoms with Crippen molar-refractivity contribution in [1.82, 2.24) is 16.0 Å². The maximum absolute atomic E-state index is 11.8. The Bertz CT molecular complexity index is 885. The highest BCUT2D eigenvalue weighted by atomic mass is 16.5. The van der Waals surface area contributed by atoms with E-state index in [4.69, 9.17) is 4.74 Å². The van der Waals surface area contributed by atoms with Crippen molar-refractivity contribution in [2.24, 2.45) is 4.99 Å². The minimum absolute atomic E-state index is 0.0753. The van der Waals surface area contributed by atoms with Gasteiger partial charge >= 0.3 is 0 Å². The number of hydrogen-bond acceptors (Lipinski definition) is 3. The highest BCUT2D eigenvalue weighted by molar-refractivity contribution is 5.94. The predicted octanol–water partition coefficient (Wildman–Crippen LogP) is 3.44. The molecule has 6 heteroatoms. The van der Waals surface area contributed by atoms with Gasteiger partial charge in [-0.05, 0) is 63.4 Å². The molecular weight excluding hydrogens is 376 g/mol. The van der Waals surface area contributed by atoms with Gasteiger partial charge in [-0.2, -0.15) is 0 Å². The lowest BCUT2D eigenvalue weighted by Crippen LogP contribution is -2.38. The molecule has 1 amide bonds. The first-order chi connectivity index (χ1) is 14.2. The minimum atomic E-state index is -0.258. The number of aliphatic imine (C=N–C) groups is 1. The molecule has 162 valence electrons. The van der Waals surface area contributed by atoms with Crippen LogP contribution in [0.5, 0.6) is 5.75 Å². The van der Waals surface area contributed by atoms with Gasteiger partial charge in [0.05, 0.1) is 0 Å². The molecule has 0 saturated carbocycles. The van der Waals surface area contributed by atoms with Crippen molar-refractivity contribution >= 4 is 11.9 Å². The summed E-state index contributed by atoms with van der Waals surface area (Å²) in [4.78, 5) is 16.1. The van der Waals surface area contributed by atoms with E-state index in [1.807, 2.05) is 45.0 Å². The van der Waals surface area contributed by atoms with E-state index in [1.54, 1.807) is 14.1 Å². The van der Waals surface area contributed by atoms with Crippen LogP contribution in [0, 0.1) is 6.92 Å². The molecule has 3 N–H and O–H groups in total. The molecule has 0 atom stereocenters. The predicted molar refractivity (Wildman–Crippen MR) is 123 cm³/mol. The normalized spacial score (nSPS) is 11.7. The second kappa shape index (κ2) is 10.7. The average molecular weight is 411 g/mol. The lowest BCUT2D eigenvalue weighted by molar-refractivity contribution is 0.0963. The Morgan fingerprint density at radius 2 is 1.87 bits per heavy atom. The molecule has 0 saturated heterocycles. The highest BCUT2D eigenvalue weighted by Crippen LogP contribution is 2.24. The van der Waals surface area contributed by atoms with Crippen LogP contribution in [0.2, 0.25) is 0 Å². The van der Waals surface area contributed by atoms with Gasteiger partial charge in [0, 0.05) is 38.3 Å². The van der Waals surface area contributed by atoms with Gasteiger partial charge in [0.1, 0.15) is 11.4 Å². The minimum Gasteiger partial charge on any atom is -0.488 e. The smallest absolute Gasteiger partial charge is 0.251 e. The molecule has 2 aromatic rings. The summed E-state index contributed by atoms with van der Waals surface area (Å²) in [6.07, 6.45) is 0.786. The van der Waals surface area contributed by atoms with Gasteiger partial charge in [-0.15, -0.1) is 0 Å². The molecule has 0 aliphatic carbocycles. The van der Waals surface area contributed by atoms with Gasteiger partial charge in [0.2, 0.25) is 0 Å². The summed E-state index contributed by atoms with van der Waals surface area (Å²) in [6.45, 7) is 9.52. The first-order valence-electron chi connectivity index (χ1n) is 10.3. The Morgan fingerprint density at radius 1 is 1.10 bits per heavy atom. The van der Waals surface area contributed by atoms with Gasteiger partial charge in [-0.3, -0.25) is 9.79 Å². The van der Waals surface area contributed by atoms with Crippen LogP contribution in [-0.2, 0) is 13.0 Å². The van der Waals surface area contributed by atoms with Gasteiger partial charge in [-0.1, -0.05) is 24.3 Å². The molecule has 30 heavy (non-hydrogen) atoms. The van der Waals surface area contributed by atoms with E-state index in [-0.39, 0.29) is 11.5 Å². The van der Waals surface area contributed by atoms with Crippen molar-refractivity contribution in [3.05, 3.63) is 64.7 Å². The molecule has 0 aliphatic rings. The summed E-state index contributed by atoms with van der Waals surface area (Å²) in [6, 6.07) is 13.9. The fourth-order valence-corrected chi connectivity index (χ4v) is 2.97. The Balaban J connectivity index is 1.93. The third kappa shape index (κ3) is 7.43. The van der Waals surface area contributed by atoms with Crippen LogP contribution in [0.4, 0.5) is 0 Å². The Hall–Kier alpha value is -3.02. The number of carbonyl (C=O) groups is 1. The topological polar surface area (TPSA) is 74.8 Å². The number of benzene rings is 2. The van der Waals surface area contributed by atoms with Crippen LogP contribution < -0.4 is 20.7 Å². The summed E-state index contributed by atoms with van der Waals surface area (Å²) in [7, 11) is 3.39. The average Bonchev–Trinajstić information content (AvgIpc) is 2.70. The summed E-state index contributed by atoms with van der Waals surface area (Å²) in [5.41, 5.74) is 3.75. The Morgan fingerprint density at radius 3 is 2.53 bits per heavy atom. The molecule has 0 aromatic heterocycles. The number of rotatable bonds is 7. The Kier molecular flexibility index (Phi) is 8.27. The highest BCUT2D eigenvalue weighted by Gasteiger charge is 2.15. The van der Waals surface area contributed by atoms with E-state index in [0.717, 1.165) is 29.3 Å². The second-order valence-electron chi connectivity index (χ2n) is 8.21. The van der Waals surface area contributed by atoms with E-state index in [0.29, 0.717) is 18.7 Å². The first kappa shape index (κ1) is 23.3. The molecule has 6 nitrogen and oxygen atoms in total. The number of amides is 1. The molecule has 0 bridgehead atoms. The molecule has 0 fully saturated rings. The van der Waals surface area contributed by atoms with Gasteiger partial charge in [0.25, 0.3) is 5.91 Å². The summed E-state index contributed by atoms with van der Waals surface area (Å²) in [5.74, 6) is 1.53. The van der Waals surface area contributed by atoms with Crippen molar-refractivity contribution < 1.29 is 9.53 Å². The maximum Gasteiger partial charge on any atom is 0.251 e. The zero-order chi connectivity index (χ0) is 22.1. The number of guanidine groups is 1. The van der Waals surface area contributed by atoms with Crippen molar-refractivity contribution in [3.63, 3.8) is 0 Å². The standard InChI is InChI=1S/C24H34N4O2/c1-17-10-11-20(21(14-17)30-24(2,3)4)16-28-23(26-6)27-13-12-18-8-7-9-19(15-18)22(29)25-5/h7-11,14-15H,12-13,16H2,1-6H3,(H,25,29)(H2,26,27,28). The lowest BCUT2D eigenvalue weighted by Gasteiger charge is -2.24. The largest absolute Gasteiger partial charge is 0.488 e. The number of ether oxygens (including phenoxy) is 1. The molecular formula is C24H34N4O2. The lowest BCUT2D eigenvalue weighted by atomic mass is 10.1. The number of nitrogens with zero attached hydrogens (tertiary/aromatic N) is 1. The number of nitrogens with one attached hydrogen (secondary N) is 3. The van der Waals surface area contributed by atoms with Crippen LogP contribution >= 0.6 is 0 Å². The molecule has 0 heterocycles. The van der Waals surface area contributed by atoms with Crippen LogP contribution in [0.25, 0.3) is 0 Å². The van der Waals surface area contributed by atoms with Gasteiger partial charge in [0.15, 0.2) is 5.96 Å². The fraction of sp³-hybridized carbons (Fsp3) is 0.417. The molecule has 2 rings (SSSR count). The molecule has 0 unspecified atom stereocenters. The zero-order valence-electron chi connectivity index (χ0n) is 18.9. The summed E-state index contributed by atoms with van der Waals surface area (Å²) in [5, 5.41) is 9.33. The zero-order valence-corrected chi connectivity index (χ0v) is 18.9. The quantitative estimate of drug-likeness (QED) is 0.483. The van der Waals surface area contributed by atoms with Gasteiger partial charge in [-0.25, -0.2) is 0 Å². The number of aryl methyl sites for hydroxylation is 1. The molecule has 2 aromatic carbocycles. The van der Waals surface area contributed by atoms with Crippen molar-refractivity contribution in [1.29, 1.82) is 0 Å². The van der Waals surface area contributed by atoms with Crippen LogP contribution in [0.3, 0.4) is 0 Å². The summed E-state index contributed by atoms with van der Waals surface area (Å²) < 4.78 is 6.13. The molecule has 0 aliphatic heterocycles. The third-order valence-corrected chi connectivity index (χ3v) is 4.43. The fourth-order valence-electron chi connectivity index (χ4n) is 2.97. The van der Waals surface area contributed by atoms with Crippen LogP contribution in [-0.4, -0.2) is 38.1 Å². The second-order valence-corrected chi connectivity index (χ2v) is 8.21. The molecule has 0 spiro atoms. The first-order valence-corrected chi connectivity index (χ1v) is 10.3. The van der Waals surface area contributed by atoms with E-state index in [1.165, 1.54) is 5.56 Å². The maximum atomic E-state index is 11.8.